The second kappa shape index (κ2) is 20.2. The summed E-state index contributed by atoms with van der Waals surface area (Å²) in [6.45, 7) is -0.983. The Hall–Kier alpha value is -4.74. The molecule has 0 spiro atoms. The van der Waals surface area contributed by atoms with E-state index in [0.717, 1.165) is 50.6 Å². The van der Waals surface area contributed by atoms with E-state index in [2.05, 4.69) is 0 Å². The number of hydrogen-bond donors (Lipinski definition) is 0. The van der Waals surface area contributed by atoms with Crippen LogP contribution in [0.5, 0.6) is 23.0 Å². The highest BCUT2D eigenvalue weighted by molar-refractivity contribution is 5.44. The first-order chi connectivity index (χ1) is 33.0. The first kappa shape index (κ1) is 66.4. The molecule has 0 bridgehead atoms. The van der Waals surface area contributed by atoms with Crippen molar-refractivity contribution in [2.45, 2.75) is 134 Å². The molecule has 0 radical (unpaired) electrons. The molecule has 0 heterocycles. The molecule has 0 unspecified atom stereocenters. The number of hydrogen-bond acceptors (Lipinski definition) is 4. The van der Waals surface area contributed by atoms with E-state index in [-0.39, 0.29) is 11.1 Å². The predicted octanol–water partition coefficient (Wildman–Crippen LogP) is 15.8. The summed E-state index contributed by atoms with van der Waals surface area (Å²) in [5.74, 6) is -117. The smallest absolute Gasteiger partial charge is 0.460 e. The highest BCUT2D eigenvalue weighted by Crippen LogP contribution is 2.66. The van der Waals surface area contributed by atoms with Gasteiger partial charge in [-0.3, -0.25) is 0 Å². The lowest BCUT2D eigenvalue weighted by Gasteiger charge is -2.42. The van der Waals surface area contributed by atoms with Crippen molar-refractivity contribution in [2.24, 2.45) is 0 Å². The van der Waals surface area contributed by atoms with Crippen LogP contribution in [0.15, 0.2) is 36.4 Å². The van der Waals surface area contributed by atoms with Crippen molar-refractivity contribution in [3.05, 3.63) is 47.5 Å². The SMILES string of the molecule is COc1cc(CCCC(F)(F)C(F)(F)C(F)(F)C(F)(F)C(F)(F)C(F)(F)C(F)(F)C(F)(F)F)ccc1OCOc1ccc(CCCC(F)(F)C(F)(F)C(F)(F)C(F)(F)C(F)(F)C(F)(F)C(F)(F)C(F)(F)F)cc1OC. The van der Waals surface area contributed by atoms with Crippen LogP contribution in [0.4, 0.5) is 149 Å². The number of alkyl halides is 34. The third kappa shape index (κ3) is 10.7. The quantitative estimate of drug-likeness (QED) is 0.0695. The molecular formula is C37H26F34O4. The number of methoxy groups -OCH3 is 2. The van der Waals surface area contributed by atoms with E-state index in [9.17, 15) is 149 Å². The van der Waals surface area contributed by atoms with Gasteiger partial charge in [0.15, 0.2) is 23.0 Å². The zero-order valence-electron chi connectivity index (χ0n) is 35.9. The third-order valence-corrected chi connectivity index (χ3v) is 10.4. The lowest BCUT2D eigenvalue weighted by molar-refractivity contribution is -0.461. The van der Waals surface area contributed by atoms with E-state index < -0.39 is 164 Å². The average Bonchev–Trinajstić information content (AvgIpc) is 3.25. The van der Waals surface area contributed by atoms with E-state index in [1.165, 1.54) is 0 Å². The van der Waals surface area contributed by atoms with Gasteiger partial charge in [0, 0.05) is 12.8 Å². The van der Waals surface area contributed by atoms with Gasteiger partial charge in [0.05, 0.1) is 14.2 Å². The van der Waals surface area contributed by atoms with E-state index >= 15 is 0 Å². The summed E-state index contributed by atoms with van der Waals surface area (Å²) in [6, 6.07) is 4.90. The molecule has 0 aliphatic carbocycles. The van der Waals surface area contributed by atoms with Crippen LogP contribution in [-0.4, -0.2) is 116 Å². The maximum absolute atomic E-state index is 14.4. The Balaban J connectivity index is 2.18. The van der Waals surface area contributed by atoms with Crippen molar-refractivity contribution in [1.29, 1.82) is 0 Å². The lowest BCUT2D eigenvalue weighted by atomic mass is 9.87. The van der Waals surface area contributed by atoms with E-state index in [1.807, 2.05) is 0 Å². The number of aryl methyl sites for hydroxylation is 2. The minimum Gasteiger partial charge on any atom is -0.493 e. The van der Waals surface area contributed by atoms with Crippen molar-refractivity contribution >= 4 is 0 Å². The van der Waals surface area contributed by atoms with Gasteiger partial charge in [-0.15, -0.1) is 0 Å². The maximum atomic E-state index is 14.4. The van der Waals surface area contributed by atoms with Crippen LogP contribution in [-0.2, 0) is 12.8 Å². The zero-order valence-corrected chi connectivity index (χ0v) is 35.9. The van der Waals surface area contributed by atoms with Gasteiger partial charge in [0.25, 0.3) is 0 Å². The van der Waals surface area contributed by atoms with Gasteiger partial charge in [-0.2, -0.15) is 149 Å². The van der Waals surface area contributed by atoms with Crippen molar-refractivity contribution in [2.75, 3.05) is 21.0 Å². The summed E-state index contributed by atoms with van der Waals surface area (Å²) in [7, 11) is 1.69. The van der Waals surface area contributed by atoms with Crippen LogP contribution in [0.2, 0.25) is 0 Å². The minimum atomic E-state index is -8.81. The van der Waals surface area contributed by atoms with Crippen LogP contribution in [0.3, 0.4) is 0 Å². The van der Waals surface area contributed by atoms with Gasteiger partial charge in [-0.1, -0.05) is 12.1 Å². The summed E-state index contributed by atoms with van der Waals surface area (Å²) < 4.78 is 481. The second-order valence-electron chi connectivity index (χ2n) is 15.4. The molecule has 0 saturated heterocycles. The molecule has 4 nitrogen and oxygen atoms in total. The van der Waals surface area contributed by atoms with Gasteiger partial charge in [0.2, 0.25) is 6.79 Å². The predicted molar refractivity (Wildman–Crippen MR) is 179 cm³/mol. The highest BCUT2D eigenvalue weighted by Gasteiger charge is 2.97. The summed E-state index contributed by atoms with van der Waals surface area (Å²) >= 11 is 0. The lowest BCUT2D eigenvalue weighted by Crippen LogP contribution is -2.74. The van der Waals surface area contributed by atoms with Crippen LogP contribution in [0.1, 0.15) is 36.8 Å². The Morgan fingerprint density at radius 3 is 0.747 bits per heavy atom. The van der Waals surface area contributed by atoms with Gasteiger partial charge in [0.1, 0.15) is 0 Å². The molecule has 0 fully saturated rings. The first-order valence-corrected chi connectivity index (χ1v) is 19.0. The molecule has 0 atom stereocenters. The summed E-state index contributed by atoms with van der Waals surface area (Å²) in [4.78, 5) is 0. The molecule has 0 aliphatic heterocycles. The Labute approximate surface area is 394 Å². The van der Waals surface area contributed by atoms with Crippen molar-refractivity contribution < 1.29 is 168 Å². The van der Waals surface area contributed by atoms with E-state index in [0.29, 0.717) is 0 Å². The average molecular weight is 1180 g/mol. The van der Waals surface area contributed by atoms with Gasteiger partial charge >= 0.3 is 95.3 Å². The highest BCUT2D eigenvalue weighted by atomic mass is 19.4. The minimum absolute atomic E-state index is 0.347. The zero-order chi connectivity index (χ0) is 59.5. The molecule has 0 aromatic heterocycles. The summed E-state index contributed by atoms with van der Waals surface area (Å²) in [5.41, 5.74) is -0.693. The van der Waals surface area contributed by atoms with Crippen LogP contribution in [0.25, 0.3) is 0 Å². The Morgan fingerprint density at radius 1 is 0.293 bits per heavy atom. The maximum Gasteiger partial charge on any atom is 0.460 e. The summed E-state index contributed by atoms with van der Waals surface area (Å²) in [5, 5.41) is 0. The standard InChI is InChI=1S/C37H26F34O4/c1-72-20-13-16(5-3-11-22(38,39)24(42,43)26(46,47)28(50,51)30(54,55)32(58,59)34(62,63)36(66,67)68)7-9-18(20)74-15-75-19-10-8-17(14-21(19)73-2)6-4-12-23(40,41)25(44,45)27(48,49)29(52,53)31(56,57)33(60,61)35(64,65)37(69,70)71/h7-10,13-14H,3-6,11-12,15H2,1-2H3. The fraction of sp³-hybridized carbons (Fsp3) is 0.676. The molecule has 2 aromatic carbocycles. The number of benzene rings is 2. The van der Waals surface area contributed by atoms with Crippen LogP contribution in [0, 0.1) is 0 Å². The Bertz CT molecular complexity index is 2110. The number of halogens is 34. The Kier molecular flexibility index (Phi) is 17.9. The van der Waals surface area contributed by atoms with Crippen LogP contribution >= 0.6 is 0 Å². The first-order valence-electron chi connectivity index (χ1n) is 19.0. The third-order valence-electron chi connectivity index (χ3n) is 10.4. The molecule has 0 aliphatic rings. The molecule has 38 heteroatoms. The van der Waals surface area contributed by atoms with Gasteiger partial charge in [-0.25, -0.2) is 0 Å². The Morgan fingerprint density at radius 2 is 0.520 bits per heavy atom. The van der Waals surface area contributed by atoms with E-state index in [4.69, 9.17) is 18.9 Å². The van der Waals surface area contributed by atoms with Crippen molar-refractivity contribution in [3.63, 3.8) is 0 Å². The van der Waals surface area contributed by atoms with Crippen LogP contribution < -0.4 is 18.9 Å². The largest absolute Gasteiger partial charge is 0.493 e. The summed E-state index contributed by atoms with van der Waals surface area (Å²) in [6.07, 6.45) is -26.5. The number of ether oxygens (including phenoxy) is 4. The van der Waals surface area contributed by atoms with Gasteiger partial charge in [-0.05, 0) is 61.1 Å². The van der Waals surface area contributed by atoms with Crippen molar-refractivity contribution in [3.8, 4) is 23.0 Å². The second-order valence-corrected chi connectivity index (χ2v) is 15.4. The molecule has 0 N–H and O–H groups in total. The molecule has 2 aromatic rings. The monoisotopic (exact) mass is 1180 g/mol. The number of rotatable bonds is 26. The molecule has 0 saturated carbocycles. The molecule has 75 heavy (non-hydrogen) atoms. The molecular weight excluding hydrogens is 1150 g/mol. The fourth-order valence-corrected chi connectivity index (χ4v) is 5.87. The topological polar surface area (TPSA) is 36.9 Å². The molecule has 2 rings (SSSR count). The molecule has 0 amide bonds. The van der Waals surface area contributed by atoms with Gasteiger partial charge < -0.3 is 18.9 Å². The van der Waals surface area contributed by atoms with Crippen molar-refractivity contribution in [1.82, 2.24) is 0 Å². The van der Waals surface area contributed by atoms with E-state index in [1.54, 1.807) is 0 Å². The fourth-order valence-electron chi connectivity index (χ4n) is 5.87. The normalized spacial score (nSPS) is 15.3. The molecule has 436 valence electrons.